The molecule has 1 aliphatic carbocycles. The van der Waals surface area contributed by atoms with Gasteiger partial charge < -0.3 is 10.1 Å². The van der Waals surface area contributed by atoms with Crippen LogP contribution in [0.25, 0.3) is 0 Å². The van der Waals surface area contributed by atoms with Crippen molar-refractivity contribution in [1.82, 2.24) is 10.2 Å². The highest BCUT2D eigenvalue weighted by Gasteiger charge is 2.21. The molecule has 21 heavy (non-hydrogen) atoms. The lowest BCUT2D eigenvalue weighted by molar-refractivity contribution is 0.182. The van der Waals surface area contributed by atoms with Crippen LogP contribution >= 0.6 is 0 Å². The van der Waals surface area contributed by atoms with E-state index in [4.69, 9.17) is 4.74 Å². The van der Waals surface area contributed by atoms with Gasteiger partial charge in [0.05, 0.1) is 0 Å². The van der Waals surface area contributed by atoms with Gasteiger partial charge in [-0.3, -0.25) is 4.90 Å². The van der Waals surface area contributed by atoms with Gasteiger partial charge in [0.15, 0.2) is 0 Å². The van der Waals surface area contributed by atoms with Crippen molar-refractivity contribution in [3.63, 3.8) is 0 Å². The van der Waals surface area contributed by atoms with Crippen molar-refractivity contribution in [1.29, 1.82) is 0 Å². The average molecular weight is 288 g/mol. The van der Waals surface area contributed by atoms with Crippen molar-refractivity contribution in [3.05, 3.63) is 29.3 Å². The Hall–Kier alpha value is -1.06. The second-order valence-electron chi connectivity index (χ2n) is 6.31. The minimum absolute atomic E-state index is 0.499. The molecule has 1 aliphatic heterocycles. The first-order valence-electron chi connectivity index (χ1n) is 8.52. The summed E-state index contributed by atoms with van der Waals surface area (Å²) < 4.78 is 6.13. The highest BCUT2D eigenvalue weighted by atomic mass is 16.5. The lowest BCUT2D eigenvalue weighted by atomic mass is 9.87. The van der Waals surface area contributed by atoms with Crippen LogP contribution in [0.15, 0.2) is 18.2 Å². The maximum atomic E-state index is 6.13. The number of likely N-dealkylation sites (tertiary alicyclic amines) is 1. The number of nitrogens with zero attached hydrogens (tertiary/aromatic N) is 1. The highest BCUT2D eigenvalue weighted by molar-refractivity contribution is 5.43. The number of benzene rings is 1. The van der Waals surface area contributed by atoms with E-state index in [0.29, 0.717) is 6.04 Å². The van der Waals surface area contributed by atoms with E-state index in [1.165, 1.54) is 56.3 Å². The topological polar surface area (TPSA) is 24.5 Å². The summed E-state index contributed by atoms with van der Waals surface area (Å²) in [4.78, 5) is 2.54. The van der Waals surface area contributed by atoms with E-state index in [2.05, 4.69) is 35.5 Å². The van der Waals surface area contributed by atoms with Gasteiger partial charge in [-0.1, -0.05) is 18.6 Å². The van der Waals surface area contributed by atoms with Crippen molar-refractivity contribution in [2.45, 2.75) is 44.6 Å². The summed E-state index contributed by atoms with van der Waals surface area (Å²) in [6, 6.07) is 7.05. The minimum atomic E-state index is 0.499. The van der Waals surface area contributed by atoms with Crippen molar-refractivity contribution in [2.75, 3.05) is 33.3 Å². The fraction of sp³-hybridized carbons (Fsp3) is 0.667. The molecule has 1 heterocycles. The molecule has 1 unspecified atom stereocenters. The van der Waals surface area contributed by atoms with Crippen LogP contribution in [0.5, 0.6) is 5.75 Å². The molecule has 3 nitrogen and oxygen atoms in total. The molecule has 1 aromatic carbocycles. The van der Waals surface area contributed by atoms with E-state index < -0.39 is 0 Å². The van der Waals surface area contributed by atoms with E-state index >= 15 is 0 Å². The van der Waals surface area contributed by atoms with Gasteiger partial charge in [0, 0.05) is 12.6 Å². The summed E-state index contributed by atoms with van der Waals surface area (Å²) in [5.41, 5.74) is 2.88. The Morgan fingerprint density at radius 3 is 2.86 bits per heavy atom. The zero-order valence-corrected chi connectivity index (χ0v) is 13.2. The molecule has 2 aliphatic rings. The van der Waals surface area contributed by atoms with Gasteiger partial charge in [-0.05, 0) is 69.4 Å². The summed E-state index contributed by atoms with van der Waals surface area (Å²) >= 11 is 0. The molecular weight excluding hydrogens is 260 g/mol. The number of nitrogens with one attached hydrogen (secondary N) is 1. The predicted octanol–water partition coefficient (Wildman–Crippen LogP) is 3.15. The van der Waals surface area contributed by atoms with Gasteiger partial charge >= 0.3 is 0 Å². The van der Waals surface area contributed by atoms with Crippen LogP contribution in [0.2, 0.25) is 0 Å². The lowest BCUT2D eigenvalue weighted by Crippen LogP contribution is -2.33. The highest BCUT2D eigenvalue weighted by Crippen LogP contribution is 2.35. The molecule has 1 fully saturated rings. The zero-order chi connectivity index (χ0) is 14.5. The SMILES string of the molecule is CNC1CCCc2c(OCCN3CCCCC3)cccc21. The molecule has 0 spiro atoms. The summed E-state index contributed by atoms with van der Waals surface area (Å²) in [7, 11) is 2.06. The van der Waals surface area contributed by atoms with E-state index in [1.54, 1.807) is 0 Å². The Labute approximate surface area is 128 Å². The Bertz CT molecular complexity index is 455. The number of rotatable bonds is 5. The monoisotopic (exact) mass is 288 g/mol. The van der Waals surface area contributed by atoms with Gasteiger partial charge in [0.25, 0.3) is 0 Å². The van der Waals surface area contributed by atoms with Gasteiger partial charge in [-0.2, -0.15) is 0 Å². The molecule has 0 aromatic heterocycles. The van der Waals surface area contributed by atoms with E-state index in [9.17, 15) is 0 Å². The number of hydrogen-bond acceptors (Lipinski definition) is 3. The lowest BCUT2D eigenvalue weighted by Gasteiger charge is -2.28. The molecule has 1 aromatic rings. The Balaban J connectivity index is 1.60. The molecule has 3 heteroatoms. The van der Waals surface area contributed by atoms with Gasteiger partial charge in [-0.15, -0.1) is 0 Å². The molecule has 1 saturated heterocycles. The van der Waals surface area contributed by atoms with Crippen molar-refractivity contribution >= 4 is 0 Å². The second kappa shape index (κ2) is 7.28. The molecular formula is C18H28N2O. The molecule has 0 saturated carbocycles. The number of fused-ring (bicyclic) bond motifs is 1. The van der Waals surface area contributed by atoms with Crippen molar-refractivity contribution in [2.24, 2.45) is 0 Å². The van der Waals surface area contributed by atoms with Crippen LogP contribution in [-0.4, -0.2) is 38.2 Å². The minimum Gasteiger partial charge on any atom is -0.492 e. The molecule has 1 N–H and O–H groups in total. The maximum Gasteiger partial charge on any atom is 0.122 e. The standard InChI is InChI=1S/C18H28N2O/c1-19-17-9-5-8-16-15(17)7-6-10-18(16)21-14-13-20-11-3-2-4-12-20/h6-7,10,17,19H,2-5,8-9,11-14H2,1H3. The Morgan fingerprint density at radius 2 is 2.05 bits per heavy atom. The zero-order valence-electron chi connectivity index (χ0n) is 13.2. The van der Waals surface area contributed by atoms with Crippen LogP contribution in [0.3, 0.4) is 0 Å². The van der Waals surface area contributed by atoms with Gasteiger partial charge in [-0.25, -0.2) is 0 Å². The molecule has 1 atom stereocenters. The third kappa shape index (κ3) is 3.58. The molecule has 0 radical (unpaired) electrons. The van der Waals surface area contributed by atoms with Crippen molar-refractivity contribution in [3.8, 4) is 5.75 Å². The Kier molecular flexibility index (Phi) is 5.15. The van der Waals surface area contributed by atoms with Gasteiger partial charge in [0.2, 0.25) is 0 Å². The smallest absolute Gasteiger partial charge is 0.122 e. The summed E-state index contributed by atoms with van der Waals surface area (Å²) in [5, 5.41) is 3.43. The van der Waals surface area contributed by atoms with Crippen molar-refractivity contribution < 1.29 is 4.74 Å². The van der Waals surface area contributed by atoms with E-state index in [1.807, 2.05) is 0 Å². The summed E-state index contributed by atoms with van der Waals surface area (Å²) in [6.45, 7) is 4.38. The first kappa shape index (κ1) is 14.9. The van der Waals surface area contributed by atoms with E-state index in [0.717, 1.165) is 25.3 Å². The van der Waals surface area contributed by atoms with Crippen LogP contribution < -0.4 is 10.1 Å². The number of piperidine rings is 1. The van der Waals surface area contributed by atoms with Crippen LogP contribution in [0.4, 0.5) is 0 Å². The summed E-state index contributed by atoms with van der Waals surface area (Å²) in [6.07, 6.45) is 7.75. The molecule has 0 amide bonds. The third-order valence-corrected chi connectivity index (χ3v) is 4.93. The second-order valence-corrected chi connectivity index (χ2v) is 6.31. The molecule has 116 valence electrons. The van der Waals surface area contributed by atoms with E-state index in [-0.39, 0.29) is 0 Å². The fourth-order valence-corrected chi connectivity index (χ4v) is 3.72. The molecule has 0 bridgehead atoms. The van der Waals surface area contributed by atoms with Crippen LogP contribution in [0, 0.1) is 0 Å². The first-order valence-corrected chi connectivity index (χ1v) is 8.52. The van der Waals surface area contributed by atoms with Crippen LogP contribution in [-0.2, 0) is 6.42 Å². The predicted molar refractivity (Wildman–Crippen MR) is 87.0 cm³/mol. The number of ether oxygens (including phenoxy) is 1. The first-order chi connectivity index (χ1) is 10.4. The van der Waals surface area contributed by atoms with Gasteiger partial charge in [0.1, 0.15) is 12.4 Å². The third-order valence-electron chi connectivity index (χ3n) is 4.93. The maximum absolute atomic E-state index is 6.13. The largest absolute Gasteiger partial charge is 0.492 e. The Morgan fingerprint density at radius 1 is 1.19 bits per heavy atom. The average Bonchev–Trinajstić information content (AvgIpc) is 2.55. The fourth-order valence-electron chi connectivity index (χ4n) is 3.72. The van der Waals surface area contributed by atoms with Crippen LogP contribution in [0.1, 0.15) is 49.3 Å². The number of hydrogen-bond donors (Lipinski definition) is 1. The normalized spacial score (nSPS) is 22.8. The molecule has 3 rings (SSSR count). The summed E-state index contributed by atoms with van der Waals surface area (Å²) in [5.74, 6) is 1.12. The quantitative estimate of drug-likeness (QED) is 0.901.